The number of benzene rings is 2. The van der Waals surface area contributed by atoms with Gasteiger partial charge in [0.2, 0.25) is 6.04 Å². The second-order valence-corrected chi connectivity index (χ2v) is 8.10. The van der Waals surface area contributed by atoms with Crippen molar-refractivity contribution in [1.82, 2.24) is 9.80 Å². The molecule has 2 aromatic rings. The molecule has 1 aliphatic rings. The summed E-state index contributed by atoms with van der Waals surface area (Å²) in [4.78, 5) is 39.8. The van der Waals surface area contributed by atoms with Gasteiger partial charge in [-0.1, -0.05) is 30.3 Å². The summed E-state index contributed by atoms with van der Waals surface area (Å²) in [6.45, 7) is 6.18. The van der Waals surface area contributed by atoms with E-state index in [2.05, 4.69) is 49.4 Å². The summed E-state index contributed by atoms with van der Waals surface area (Å²) < 4.78 is 4.62. The van der Waals surface area contributed by atoms with Crippen LogP contribution in [0, 0.1) is 0 Å². The lowest BCUT2D eigenvalue weighted by Gasteiger charge is -2.34. The Morgan fingerprint density at radius 2 is 1.71 bits per heavy atom. The molecule has 0 radical (unpaired) electrons. The molecule has 1 fully saturated rings. The number of anilines is 2. The van der Waals surface area contributed by atoms with Crippen LogP contribution in [-0.2, 0) is 20.9 Å². The van der Waals surface area contributed by atoms with Crippen LogP contribution in [0.25, 0.3) is 0 Å². The first-order valence-electron chi connectivity index (χ1n) is 11.1. The van der Waals surface area contributed by atoms with E-state index in [0.29, 0.717) is 12.2 Å². The molecule has 10 nitrogen and oxygen atoms in total. The zero-order valence-electron chi connectivity index (χ0n) is 19.2. The number of piperazine rings is 1. The Labute approximate surface area is 198 Å². The number of nitrogens with one attached hydrogen (secondary N) is 2. The van der Waals surface area contributed by atoms with Gasteiger partial charge in [0.15, 0.2) is 0 Å². The minimum absolute atomic E-state index is 0.00988. The number of rotatable bonds is 11. The zero-order valence-corrected chi connectivity index (χ0v) is 19.2. The molecule has 2 aromatic carbocycles. The molecule has 1 unspecified atom stereocenters. The van der Waals surface area contributed by atoms with Crippen LogP contribution in [0.2, 0.25) is 0 Å². The molecular weight excluding hydrogens is 438 g/mol. The number of esters is 1. The zero-order chi connectivity index (χ0) is 24.5. The van der Waals surface area contributed by atoms with E-state index >= 15 is 0 Å². The van der Waals surface area contributed by atoms with Gasteiger partial charge >= 0.3 is 11.9 Å². The maximum absolute atomic E-state index is 11.9. The van der Waals surface area contributed by atoms with E-state index in [0.717, 1.165) is 46.4 Å². The topological polar surface area (TPSA) is 137 Å². The number of hydrogen-bond acceptors (Lipinski definition) is 8. The van der Waals surface area contributed by atoms with Gasteiger partial charge in [0, 0.05) is 45.8 Å². The Bertz CT molecular complexity index is 993. The summed E-state index contributed by atoms with van der Waals surface area (Å²) in [5.74, 6) is -2.91. The third kappa shape index (κ3) is 6.93. The highest BCUT2D eigenvalue weighted by atomic mass is 16.5. The lowest BCUT2D eigenvalue weighted by molar-refractivity contribution is -0.144. The van der Waals surface area contributed by atoms with Gasteiger partial charge in [-0.15, -0.1) is 0 Å². The molecule has 0 aromatic heterocycles. The Morgan fingerprint density at radius 3 is 2.32 bits per heavy atom. The summed E-state index contributed by atoms with van der Waals surface area (Å²) in [7, 11) is 1.15. The summed E-state index contributed by atoms with van der Waals surface area (Å²) in [6.07, 6.45) is 0. The molecule has 1 atom stereocenters. The van der Waals surface area contributed by atoms with Crippen LogP contribution in [0.5, 0.6) is 0 Å². The molecule has 0 spiro atoms. The minimum Gasteiger partial charge on any atom is -0.478 e. The Morgan fingerprint density at radius 1 is 1.03 bits per heavy atom. The molecule has 1 heterocycles. The van der Waals surface area contributed by atoms with Gasteiger partial charge in [0.1, 0.15) is 0 Å². The number of nitrogens with two attached hydrogens (primary N) is 1. The lowest BCUT2D eigenvalue weighted by atomic mass is 10.1. The second-order valence-electron chi connectivity index (χ2n) is 8.10. The standard InChI is InChI=1S/C24H31N5O5/c1-34-24(33)21(22(25)30)27-20-15-18(23(31)32)7-8-19(20)26-9-10-28-11-13-29(14-12-28)16-17-5-3-2-4-6-17/h2-8,15,21,26-27H,9-14,16H2,1H3,(H2,25,30)(H,31,32). The van der Waals surface area contributed by atoms with E-state index < -0.39 is 23.9 Å². The lowest BCUT2D eigenvalue weighted by Crippen LogP contribution is -2.47. The van der Waals surface area contributed by atoms with Crippen molar-refractivity contribution >= 4 is 29.2 Å². The highest BCUT2D eigenvalue weighted by Gasteiger charge is 2.26. The van der Waals surface area contributed by atoms with Gasteiger partial charge in [-0.05, 0) is 23.8 Å². The first kappa shape index (κ1) is 25.0. The van der Waals surface area contributed by atoms with E-state index in [1.165, 1.54) is 17.7 Å². The van der Waals surface area contributed by atoms with Crippen molar-refractivity contribution in [3.05, 3.63) is 59.7 Å². The van der Waals surface area contributed by atoms with Gasteiger partial charge in [-0.3, -0.25) is 14.6 Å². The third-order valence-electron chi connectivity index (χ3n) is 5.75. The summed E-state index contributed by atoms with van der Waals surface area (Å²) in [5, 5.41) is 15.3. The van der Waals surface area contributed by atoms with Gasteiger partial charge in [0.05, 0.1) is 24.0 Å². The van der Waals surface area contributed by atoms with E-state index in [4.69, 9.17) is 5.73 Å². The van der Waals surface area contributed by atoms with Crippen LogP contribution in [0.3, 0.4) is 0 Å². The number of hydrogen-bond donors (Lipinski definition) is 4. The quantitative estimate of drug-likeness (QED) is 0.281. The number of amides is 1. The van der Waals surface area contributed by atoms with Crippen molar-refractivity contribution in [2.24, 2.45) is 5.73 Å². The number of nitrogens with zero attached hydrogens (tertiary/aromatic N) is 2. The van der Waals surface area contributed by atoms with Crippen molar-refractivity contribution < 1.29 is 24.2 Å². The van der Waals surface area contributed by atoms with Gasteiger partial charge in [0.25, 0.3) is 5.91 Å². The van der Waals surface area contributed by atoms with Crippen LogP contribution in [0.15, 0.2) is 48.5 Å². The maximum atomic E-state index is 11.9. The highest BCUT2D eigenvalue weighted by Crippen LogP contribution is 2.24. The van der Waals surface area contributed by atoms with E-state index in [1.807, 2.05) is 6.07 Å². The summed E-state index contributed by atoms with van der Waals surface area (Å²) >= 11 is 0. The SMILES string of the molecule is COC(=O)C(Nc1cc(C(=O)O)ccc1NCCN1CCN(Cc2ccccc2)CC1)C(N)=O. The number of carbonyl (C=O) groups is 3. The summed E-state index contributed by atoms with van der Waals surface area (Å²) in [6, 6.07) is 13.4. The predicted octanol–water partition coefficient (Wildman–Crippen LogP) is 1.05. The molecular formula is C24H31N5O5. The second kappa shape index (κ2) is 12.0. The average molecular weight is 470 g/mol. The Hall–Kier alpha value is -3.63. The molecule has 1 saturated heterocycles. The Kier molecular flexibility index (Phi) is 8.83. The van der Waals surface area contributed by atoms with Gasteiger partial charge in [-0.2, -0.15) is 0 Å². The van der Waals surface area contributed by atoms with Crippen molar-refractivity contribution in [2.45, 2.75) is 12.6 Å². The van der Waals surface area contributed by atoms with Crippen LogP contribution < -0.4 is 16.4 Å². The summed E-state index contributed by atoms with van der Waals surface area (Å²) in [5.41, 5.74) is 7.47. The first-order chi connectivity index (χ1) is 16.4. The van der Waals surface area contributed by atoms with E-state index in [1.54, 1.807) is 6.07 Å². The fraction of sp³-hybridized carbons (Fsp3) is 0.375. The largest absolute Gasteiger partial charge is 0.478 e. The molecule has 0 saturated carbocycles. The number of carbonyl (C=O) groups excluding carboxylic acids is 2. The molecule has 0 aliphatic carbocycles. The molecule has 1 amide bonds. The molecule has 182 valence electrons. The fourth-order valence-corrected chi connectivity index (χ4v) is 3.83. The van der Waals surface area contributed by atoms with E-state index in [-0.39, 0.29) is 11.3 Å². The van der Waals surface area contributed by atoms with Gasteiger partial charge in [-0.25, -0.2) is 9.59 Å². The number of methoxy groups -OCH3 is 1. The fourth-order valence-electron chi connectivity index (χ4n) is 3.83. The normalized spacial score (nSPS) is 15.3. The number of ether oxygens (including phenoxy) is 1. The van der Waals surface area contributed by atoms with Gasteiger partial charge < -0.3 is 26.2 Å². The van der Waals surface area contributed by atoms with Crippen molar-refractivity contribution in [3.63, 3.8) is 0 Å². The minimum atomic E-state index is -1.44. The molecule has 0 bridgehead atoms. The smallest absolute Gasteiger partial charge is 0.338 e. The number of carboxylic acid groups (broad SMARTS) is 1. The molecule has 34 heavy (non-hydrogen) atoms. The highest BCUT2D eigenvalue weighted by molar-refractivity contribution is 6.04. The third-order valence-corrected chi connectivity index (χ3v) is 5.75. The van der Waals surface area contributed by atoms with Crippen molar-refractivity contribution in [3.8, 4) is 0 Å². The van der Waals surface area contributed by atoms with Crippen molar-refractivity contribution in [2.75, 3.05) is 57.0 Å². The van der Waals surface area contributed by atoms with E-state index in [9.17, 15) is 19.5 Å². The van der Waals surface area contributed by atoms with Crippen LogP contribution in [0.4, 0.5) is 11.4 Å². The molecule has 10 heteroatoms. The number of carboxylic acids is 1. The van der Waals surface area contributed by atoms with Crippen molar-refractivity contribution in [1.29, 1.82) is 0 Å². The average Bonchev–Trinajstić information content (AvgIpc) is 2.84. The predicted molar refractivity (Wildman–Crippen MR) is 129 cm³/mol. The first-order valence-corrected chi connectivity index (χ1v) is 11.1. The molecule has 3 rings (SSSR count). The molecule has 5 N–H and O–H groups in total. The molecule has 1 aliphatic heterocycles. The number of primary amides is 1. The van der Waals surface area contributed by atoms with Crippen LogP contribution >= 0.6 is 0 Å². The van der Waals surface area contributed by atoms with Crippen LogP contribution in [-0.4, -0.2) is 85.2 Å². The monoisotopic (exact) mass is 469 g/mol. The maximum Gasteiger partial charge on any atom is 0.338 e. The number of aromatic carboxylic acids is 1. The van der Waals surface area contributed by atoms with Crippen LogP contribution in [0.1, 0.15) is 15.9 Å². The Balaban J connectivity index is 1.56.